The van der Waals surface area contributed by atoms with Crippen molar-refractivity contribution in [3.05, 3.63) is 29.8 Å². The molecule has 0 radical (unpaired) electrons. The van der Waals surface area contributed by atoms with Crippen LogP contribution in [0.5, 0.6) is 5.75 Å². The molecule has 140 valence electrons. The Balaban J connectivity index is 1.77. The number of nitrogens with one attached hydrogen (secondary N) is 3. The van der Waals surface area contributed by atoms with E-state index >= 15 is 0 Å². The maximum atomic E-state index is 12.0. The van der Waals surface area contributed by atoms with Crippen molar-refractivity contribution in [3.8, 4) is 5.75 Å². The molecule has 1 aliphatic heterocycles. The summed E-state index contributed by atoms with van der Waals surface area (Å²) >= 11 is 0. The number of nitrogens with zero attached hydrogens (tertiary/aromatic N) is 1. The summed E-state index contributed by atoms with van der Waals surface area (Å²) in [6.07, 6.45) is -0.0876. The lowest BCUT2D eigenvalue weighted by atomic mass is 10.1. The number of ether oxygens (including phenoxy) is 1. The molecule has 0 aliphatic carbocycles. The average Bonchev–Trinajstić information content (AvgIpc) is 2.79. The van der Waals surface area contributed by atoms with E-state index < -0.39 is 29.3 Å². The molecule has 1 saturated heterocycles. The Bertz CT molecular complexity index is 732. The highest BCUT2D eigenvalue weighted by Crippen LogP contribution is 2.18. The van der Waals surface area contributed by atoms with Gasteiger partial charge >= 0.3 is 6.03 Å². The summed E-state index contributed by atoms with van der Waals surface area (Å²) in [5.41, 5.74) is 4.27. The summed E-state index contributed by atoms with van der Waals surface area (Å²) < 4.78 is 5.16. The molecular formula is C17H22N4O5. The molecular weight excluding hydrogens is 340 g/mol. The minimum absolute atomic E-state index is 0.0332. The van der Waals surface area contributed by atoms with E-state index in [1.165, 1.54) is 7.11 Å². The molecule has 0 spiro atoms. The summed E-state index contributed by atoms with van der Waals surface area (Å²) in [5.74, 6) is -0.742. The summed E-state index contributed by atoms with van der Waals surface area (Å²) in [6.45, 7) is 3.11. The first kappa shape index (κ1) is 19.2. The van der Waals surface area contributed by atoms with Gasteiger partial charge in [0.15, 0.2) is 0 Å². The topological polar surface area (TPSA) is 117 Å². The van der Waals surface area contributed by atoms with Gasteiger partial charge in [-0.05, 0) is 19.9 Å². The van der Waals surface area contributed by atoms with Crippen molar-refractivity contribution in [2.45, 2.75) is 32.2 Å². The van der Waals surface area contributed by atoms with Crippen LogP contribution in [0.2, 0.25) is 0 Å². The van der Waals surface area contributed by atoms with Crippen LogP contribution < -0.4 is 20.9 Å². The highest BCUT2D eigenvalue weighted by Gasteiger charge is 2.43. The van der Waals surface area contributed by atoms with E-state index in [2.05, 4.69) is 16.2 Å². The van der Waals surface area contributed by atoms with E-state index in [9.17, 15) is 19.2 Å². The number of hydrogen-bond acceptors (Lipinski definition) is 5. The lowest BCUT2D eigenvalue weighted by Crippen LogP contribution is -2.44. The molecule has 5 amide bonds. The van der Waals surface area contributed by atoms with Crippen LogP contribution in [0, 0.1) is 0 Å². The van der Waals surface area contributed by atoms with Crippen molar-refractivity contribution in [2.75, 3.05) is 13.7 Å². The quantitative estimate of drug-likeness (QED) is 0.490. The predicted octanol–water partition coefficient (Wildman–Crippen LogP) is 0.106. The van der Waals surface area contributed by atoms with Gasteiger partial charge in [0.2, 0.25) is 11.8 Å². The smallest absolute Gasteiger partial charge is 0.325 e. The molecule has 1 aromatic rings. The fraction of sp³-hybridized carbons (Fsp3) is 0.412. The lowest BCUT2D eigenvalue weighted by Gasteiger charge is -2.15. The number of hydrogen-bond donors (Lipinski definition) is 3. The number of methoxy groups -OCH3 is 1. The average molecular weight is 362 g/mol. The zero-order valence-electron chi connectivity index (χ0n) is 14.9. The zero-order valence-corrected chi connectivity index (χ0v) is 14.9. The van der Waals surface area contributed by atoms with Gasteiger partial charge in [0, 0.05) is 18.5 Å². The maximum Gasteiger partial charge on any atom is 0.325 e. The first-order valence-corrected chi connectivity index (χ1v) is 8.08. The van der Waals surface area contributed by atoms with Gasteiger partial charge in [-0.15, -0.1) is 0 Å². The monoisotopic (exact) mass is 362 g/mol. The number of hydrazine groups is 1. The second-order valence-electron chi connectivity index (χ2n) is 6.35. The van der Waals surface area contributed by atoms with Crippen molar-refractivity contribution in [3.63, 3.8) is 0 Å². The Labute approximate surface area is 151 Å². The van der Waals surface area contributed by atoms with Crippen LogP contribution in [0.1, 0.15) is 25.8 Å². The van der Waals surface area contributed by atoms with Crippen molar-refractivity contribution >= 4 is 23.8 Å². The largest absolute Gasteiger partial charge is 0.496 e. The number of carbonyl (C=O) groups is 4. The second-order valence-corrected chi connectivity index (χ2v) is 6.35. The van der Waals surface area contributed by atoms with Crippen LogP contribution in [-0.4, -0.2) is 47.8 Å². The number of carbonyl (C=O) groups excluding carboxylic acids is 4. The molecule has 9 nitrogen and oxygen atoms in total. The fourth-order valence-electron chi connectivity index (χ4n) is 2.50. The van der Waals surface area contributed by atoms with E-state index in [0.717, 1.165) is 4.90 Å². The van der Waals surface area contributed by atoms with Crippen LogP contribution in [-0.2, 0) is 20.8 Å². The van der Waals surface area contributed by atoms with Crippen molar-refractivity contribution in [1.29, 1.82) is 0 Å². The fourth-order valence-corrected chi connectivity index (χ4v) is 2.50. The Morgan fingerprint density at radius 1 is 1.15 bits per heavy atom. The summed E-state index contributed by atoms with van der Waals surface area (Å²) in [5, 5.41) is 2.53. The summed E-state index contributed by atoms with van der Waals surface area (Å²) in [4.78, 5) is 48.5. The lowest BCUT2D eigenvalue weighted by molar-refractivity contribution is -0.131. The van der Waals surface area contributed by atoms with E-state index in [0.29, 0.717) is 11.3 Å². The molecule has 1 fully saturated rings. The normalized spacial score (nSPS) is 15.4. The van der Waals surface area contributed by atoms with E-state index in [1.807, 2.05) is 0 Å². The van der Waals surface area contributed by atoms with Gasteiger partial charge in [0.25, 0.3) is 5.91 Å². The third-order valence-corrected chi connectivity index (χ3v) is 3.89. The van der Waals surface area contributed by atoms with Gasteiger partial charge in [-0.25, -0.2) is 4.79 Å². The number of rotatable bonds is 6. The van der Waals surface area contributed by atoms with Crippen LogP contribution in [0.15, 0.2) is 24.3 Å². The van der Waals surface area contributed by atoms with Gasteiger partial charge in [-0.3, -0.25) is 30.1 Å². The number of imide groups is 1. The van der Waals surface area contributed by atoms with Gasteiger partial charge in [-0.2, -0.15) is 0 Å². The maximum absolute atomic E-state index is 12.0. The van der Waals surface area contributed by atoms with Gasteiger partial charge in [-0.1, -0.05) is 18.2 Å². The second kappa shape index (κ2) is 7.85. The first-order chi connectivity index (χ1) is 12.2. The van der Waals surface area contributed by atoms with E-state index in [-0.39, 0.29) is 19.4 Å². The van der Waals surface area contributed by atoms with Crippen LogP contribution in [0.25, 0.3) is 0 Å². The minimum atomic E-state index is -0.976. The van der Waals surface area contributed by atoms with Gasteiger partial charge in [0.05, 0.1) is 13.5 Å². The third kappa shape index (κ3) is 4.50. The summed E-state index contributed by atoms with van der Waals surface area (Å²) in [6, 6.07) is 6.52. The Hall–Kier alpha value is -3.10. The molecule has 26 heavy (non-hydrogen) atoms. The zero-order chi connectivity index (χ0) is 19.3. The van der Waals surface area contributed by atoms with Gasteiger partial charge in [0.1, 0.15) is 11.3 Å². The molecule has 1 aromatic carbocycles. The molecule has 2 rings (SSSR count). The molecule has 1 heterocycles. The first-order valence-electron chi connectivity index (χ1n) is 8.08. The van der Waals surface area contributed by atoms with E-state index in [1.54, 1.807) is 38.1 Å². The van der Waals surface area contributed by atoms with Crippen LogP contribution in [0.3, 0.4) is 0 Å². The molecule has 0 bridgehead atoms. The molecule has 0 saturated carbocycles. The summed E-state index contributed by atoms with van der Waals surface area (Å²) in [7, 11) is 1.51. The highest BCUT2D eigenvalue weighted by atomic mass is 16.5. The molecule has 9 heteroatoms. The van der Waals surface area contributed by atoms with Crippen LogP contribution in [0.4, 0.5) is 4.79 Å². The number of para-hydroxylation sites is 1. The van der Waals surface area contributed by atoms with Crippen molar-refractivity contribution < 1.29 is 23.9 Å². The Morgan fingerprint density at radius 2 is 1.81 bits per heavy atom. The Morgan fingerprint density at radius 3 is 2.42 bits per heavy atom. The molecule has 0 unspecified atom stereocenters. The molecule has 1 aliphatic rings. The highest BCUT2D eigenvalue weighted by molar-refractivity contribution is 6.06. The van der Waals surface area contributed by atoms with E-state index in [4.69, 9.17) is 4.74 Å². The SMILES string of the molecule is COc1ccccc1CC(=O)NNC(=O)CCN1C(=O)NC(C)(C)C1=O. The predicted molar refractivity (Wildman–Crippen MR) is 91.9 cm³/mol. The Kier molecular flexibility index (Phi) is 5.81. The standard InChI is InChI=1S/C17H22N4O5/c1-17(2)15(24)21(16(25)18-17)9-8-13(22)19-20-14(23)10-11-6-4-5-7-12(11)26-3/h4-7H,8-10H2,1-3H3,(H,18,25)(H,19,22)(H,20,23). The van der Waals surface area contributed by atoms with Crippen molar-refractivity contribution in [1.82, 2.24) is 21.1 Å². The van der Waals surface area contributed by atoms with Crippen molar-refractivity contribution in [2.24, 2.45) is 0 Å². The molecule has 0 atom stereocenters. The van der Waals surface area contributed by atoms with Gasteiger partial charge < -0.3 is 10.1 Å². The molecule has 3 N–H and O–H groups in total. The number of urea groups is 1. The van der Waals surface area contributed by atoms with Crippen LogP contribution >= 0.6 is 0 Å². The minimum Gasteiger partial charge on any atom is -0.496 e. The molecule has 0 aromatic heterocycles. The number of amides is 5. The number of benzene rings is 1. The third-order valence-electron chi connectivity index (χ3n) is 3.89.